The Bertz CT molecular complexity index is 1200. The number of furan rings is 1. The molecular weight excluding hydrogens is 452 g/mol. The molecule has 5 rings (SSSR count). The fraction of sp³-hybridized carbons (Fsp3) is 0.333. The Morgan fingerprint density at radius 3 is 2.61 bits per heavy atom. The van der Waals surface area contributed by atoms with Gasteiger partial charge in [-0.1, -0.05) is 55.3 Å². The van der Waals surface area contributed by atoms with E-state index in [1.165, 1.54) is 11.8 Å². The summed E-state index contributed by atoms with van der Waals surface area (Å²) >= 11 is 0. The van der Waals surface area contributed by atoms with Crippen LogP contribution in [0.25, 0.3) is 0 Å². The molecule has 0 saturated heterocycles. The molecule has 6 heteroatoms. The van der Waals surface area contributed by atoms with Crippen LogP contribution in [0.1, 0.15) is 59.0 Å². The van der Waals surface area contributed by atoms with Crippen LogP contribution in [0.4, 0.5) is 0 Å². The zero-order valence-electron chi connectivity index (χ0n) is 20.5. The normalized spacial score (nSPS) is 17.4. The van der Waals surface area contributed by atoms with Gasteiger partial charge in [0.05, 0.1) is 12.3 Å². The number of hydrogen-bond acceptors (Lipinski definition) is 4. The van der Waals surface area contributed by atoms with Gasteiger partial charge in [0.2, 0.25) is 0 Å². The summed E-state index contributed by atoms with van der Waals surface area (Å²) in [6, 6.07) is 19.4. The van der Waals surface area contributed by atoms with E-state index in [1.807, 2.05) is 52.3 Å². The van der Waals surface area contributed by atoms with Crippen LogP contribution < -0.4 is 4.74 Å². The smallest absolute Gasteiger partial charge is 0.290 e. The molecule has 0 bridgehead atoms. The Kier molecular flexibility index (Phi) is 7.21. The van der Waals surface area contributed by atoms with Crippen molar-refractivity contribution >= 4 is 11.8 Å². The summed E-state index contributed by atoms with van der Waals surface area (Å²) < 4.78 is 11.5. The van der Waals surface area contributed by atoms with Gasteiger partial charge in [-0.25, -0.2) is 0 Å². The van der Waals surface area contributed by atoms with Crippen LogP contribution in [0.2, 0.25) is 0 Å². The van der Waals surface area contributed by atoms with E-state index in [0.29, 0.717) is 24.6 Å². The van der Waals surface area contributed by atoms with Crippen LogP contribution >= 0.6 is 0 Å². The van der Waals surface area contributed by atoms with Crippen molar-refractivity contribution in [3.8, 4) is 5.75 Å². The lowest BCUT2D eigenvalue weighted by molar-refractivity contribution is -0.135. The number of hydrogen-bond donors (Lipinski definition) is 0. The third-order valence-electron chi connectivity index (χ3n) is 7.23. The molecule has 2 heterocycles. The highest BCUT2D eigenvalue weighted by Crippen LogP contribution is 2.38. The Hall–Kier alpha value is -3.80. The summed E-state index contributed by atoms with van der Waals surface area (Å²) in [5.74, 6) is 0.790. The fourth-order valence-corrected chi connectivity index (χ4v) is 5.48. The van der Waals surface area contributed by atoms with Crippen molar-refractivity contribution in [2.75, 3.05) is 19.7 Å². The Balaban J connectivity index is 1.40. The maximum absolute atomic E-state index is 13.4. The lowest BCUT2D eigenvalue weighted by Crippen LogP contribution is -2.41. The molecular formula is C30H32N2O4. The monoisotopic (exact) mass is 484 g/mol. The highest BCUT2D eigenvalue weighted by atomic mass is 16.5. The van der Waals surface area contributed by atoms with E-state index in [2.05, 4.69) is 12.6 Å². The number of benzene rings is 2. The molecule has 3 aromatic rings. The van der Waals surface area contributed by atoms with Crippen molar-refractivity contribution in [2.45, 2.75) is 44.2 Å². The van der Waals surface area contributed by atoms with Crippen LogP contribution in [-0.4, -0.2) is 47.4 Å². The minimum atomic E-state index is -0.275. The molecule has 36 heavy (non-hydrogen) atoms. The average Bonchev–Trinajstić information content (AvgIpc) is 3.65. The van der Waals surface area contributed by atoms with E-state index in [-0.39, 0.29) is 30.5 Å². The van der Waals surface area contributed by atoms with Gasteiger partial charge in [-0.3, -0.25) is 9.59 Å². The summed E-state index contributed by atoms with van der Waals surface area (Å²) in [5, 5.41) is 0. The first kappa shape index (κ1) is 23.9. The Morgan fingerprint density at radius 1 is 1.08 bits per heavy atom. The number of carbonyl (C=O) groups is 2. The molecule has 2 aliphatic rings. The third kappa shape index (κ3) is 4.94. The van der Waals surface area contributed by atoms with Crippen molar-refractivity contribution in [3.05, 3.63) is 102 Å². The van der Waals surface area contributed by atoms with Crippen molar-refractivity contribution < 1.29 is 18.7 Å². The second-order valence-corrected chi connectivity index (χ2v) is 9.46. The van der Waals surface area contributed by atoms with Gasteiger partial charge in [0.25, 0.3) is 11.8 Å². The first-order chi connectivity index (χ1) is 17.7. The molecule has 2 amide bonds. The van der Waals surface area contributed by atoms with Crippen LogP contribution in [0.3, 0.4) is 0 Å². The minimum absolute atomic E-state index is 0.0197. The van der Waals surface area contributed by atoms with Crippen molar-refractivity contribution in [2.24, 2.45) is 0 Å². The van der Waals surface area contributed by atoms with Gasteiger partial charge >= 0.3 is 0 Å². The predicted octanol–water partition coefficient (Wildman–Crippen LogP) is 5.40. The number of amides is 2. The van der Waals surface area contributed by atoms with Crippen LogP contribution in [-0.2, 0) is 11.2 Å². The zero-order chi connectivity index (χ0) is 24.9. The summed E-state index contributed by atoms with van der Waals surface area (Å²) in [6.45, 7) is 4.93. The highest BCUT2D eigenvalue weighted by molar-refractivity contribution is 5.92. The second kappa shape index (κ2) is 10.9. The van der Waals surface area contributed by atoms with Crippen molar-refractivity contribution in [1.29, 1.82) is 0 Å². The van der Waals surface area contributed by atoms with Crippen molar-refractivity contribution in [1.82, 2.24) is 9.80 Å². The first-order valence-corrected chi connectivity index (χ1v) is 12.7. The number of fused-ring (bicyclic) bond motifs is 1. The molecule has 1 atom stereocenters. The van der Waals surface area contributed by atoms with E-state index < -0.39 is 0 Å². The second-order valence-electron chi connectivity index (χ2n) is 9.46. The Morgan fingerprint density at radius 2 is 1.89 bits per heavy atom. The molecule has 1 aromatic heterocycles. The molecule has 186 valence electrons. The summed E-state index contributed by atoms with van der Waals surface area (Å²) in [4.78, 5) is 30.1. The first-order valence-electron chi connectivity index (χ1n) is 12.7. The third-order valence-corrected chi connectivity index (χ3v) is 7.23. The standard InChI is InChI=1S/C30H32N2O4/c1-2-17-31(24-11-6-7-12-24)28(33)21-36-25-15-14-22-16-18-32(30(34)27-13-8-19-35-27)29(26(22)20-25)23-9-4-3-5-10-23/h2-5,8-10,13-15,19-20,24,29H,1,6-7,11-12,16-18,21H2. The summed E-state index contributed by atoms with van der Waals surface area (Å²) in [5.41, 5.74) is 3.20. The summed E-state index contributed by atoms with van der Waals surface area (Å²) in [7, 11) is 0. The van der Waals surface area contributed by atoms with Gasteiger partial charge in [0.15, 0.2) is 12.4 Å². The molecule has 1 fully saturated rings. The van der Waals surface area contributed by atoms with Gasteiger partial charge in [0.1, 0.15) is 5.75 Å². The molecule has 1 aliphatic heterocycles. The lowest BCUT2D eigenvalue weighted by Gasteiger charge is -2.37. The summed E-state index contributed by atoms with van der Waals surface area (Å²) in [6.07, 6.45) is 8.43. The molecule has 6 nitrogen and oxygen atoms in total. The van der Waals surface area contributed by atoms with E-state index >= 15 is 0 Å². The van der Waals surface area contributed by atoms with Gasteiger partial charge in [-0.05, 0) is 60.2 Å². The van der Waals surface area contributed by atoms with E-state index in [9.17, 15) is 9.59 Å². The van der Waals surface area contributed by atoms with Gasteiger partial charge in [0, 0.05) is 19.1 Å². The molecule has 1 unspecified atom stereocenters. The van der Waals surface area contributed by atoms with Crippen molar-refractivity contribution in [3.63, 3.8) is 0 Å². The quantitative estimate of drug-likeness (QED) is 0.402. The number of carbonyl (C=O) groups excluding carboxylic acids is 2. The van der Waals surface area contributed by atoms with Crippen LogP contribution in [0, 0.1) is 0 Å². The van der Waals surface area contributed by atoms with Gasteiger partial charge in [-0.15, -0.1) is 6.58 Å². The topological polar surface area (TPSA) is 63.0 Å². The lowest BCUT2D eigenvalue weighted by atomic mass is 9.87. The molecule has 1 aliphatic carbocycles. The molecule has 2 aromatic carbocycles. The van der Waals surface area contributed by atoms with Crippen LogP contribution in [0.15, 0.2) is 84.0 Å². The van der Waals surface area contributed by atoms with E-state index in [0.717, 1.165) is 43.2 Å². The SMILES string of the molecule is C=CCN(C(=O)COc1ccc2c(c1)C(c1ccccc1)N(C(=O)c1ccco1)CC2)C1CCCC1. The van der Waals surface area contributed by atoms with Gasteiger partial charge < -0.3 is 19.0 Å². The van der Waals surface area contributed by atoms with E-state index in [1.54, 1.807) is 18.2 Å². The number of ether oxygens (including phenoxy) is 1. The zero-order valence-corrected chi connectivity index (χ0v) is 20.5. The average molecular weight is 485 g/mol. The fourth-order valence-electron chi connectivity index (χ4n) is 5.48. The molecule has 0 spiro atoms. The minimum Gasteiger partial charge on any atom is -0.484 e. The maximum Gasteiger partial charge on any atom is 0.290 e. The number of rotatable bonds is 8. The largest absolute Gasteiger partial charge is 0.484 e. The van der Waals surface area contributed by atoms with Crippen LogP contribution in [0.5, 0.6) is 5.75 Å². The molecule has 1 saturated carbocycles. The predicted molar refractivity (Wildman–Crippen MR) is 138 cm³/mol. The Labute approximate surface area is 212 Å². The molecule has 0 radical (unpaired) electrons. The number of nitrogens with zero attached hydrogens (tertiary/aromatic N) is 2. The van der Waals surface area contributed by atoms with Gasteiger partial charge in [-0.2, -0.15) is 0 Å². The highest BCUT2D eigenvalue weighted by Gasteiger charge is 2.34. The van der Waals surface area contributed by atoms with E-state index in [4.69, 9.17) is 9.15 Å². The maximum atomic E-state index is 13.4. The molecule has 0 N–H and O–H groups in total.